The van der Waals surface area contributed by atoms with Crippen molar-refractivity contribution in [3.63, 3.8) is 0 Å². The molecule has 0 aliphatic carbocycles. The largest absolute Gasteiger partial charge is 0.481 e. The molecule has 0 spiro atoms. The molecule has 0 aromatic carbocycles. The average molecular weight is 294 g/mol. The van der Waals surface area contributed by atoms with Crippen molar-refractivity contribution in [3.8, 4) is 10.8 Å². The second-order valence-electron chi connectivity index (χ2n) is 4.83. The van der Waals surface area contributed by atoms with Crippen LogP contribution in [0.25, 0.3) is 10.8 Å². The van der Waals surface area contributed by atoms with E-state index in [0.29, 0.717) is 19.0 Å². The van der Waals surface area contributed by atoms with Gasteiger partial charge in [0.2, 0.25) is 5.89 Å². The van der Waals surface area contributed by atoms with E-state index in [9.17, 15) is 4.79 Å². The summed E-state index contributed by atoms with van der Waals surface area (Å²) in [6, 6.07) is 4.18. The number of thiophene rings is 1. The summed E-state index contributed by atoms with van der Waals surface area (Å²) in [6.07, 6.45) is 1.78. The first kappa shape index (κ1) is 14.7. The van der Waals surface area contributed by atoms with Crippen LogP contribution in [-0.2, 0) is 11.3 Å². The van der Waals surface area contributed by atoms with Crippen molar-refractivity contribution in [2.75, 3.05) is 6.54 Å². The molecule has 6 heteroatoms. The van der Waals surface area contributed by atoms with Crippen molar-refractivity contribution < 1.29 is 14.3 Å². The van der Waals surface area contributed by atoms with Gasteiger partial charge in [0.15, 0.2) is 0 Å². The molecule has 0 unspecified atom stereocenters. The maximum Gasteiger partial charge on any atom is 0.304 e. The van der Waals surface area contributed by atoms with Crippen LogP contribution in [0.5, 0.6) is 0 Å². The molecule has 0 atom stereocenters. The van der Waals surface area contributed by atoms with Crippen molar-refractivity contribution in [2.24, 2.45) is 0 Å². The highest BCUT2D eigenvalue weighted by molar-refractivity contribution is 7.13. The smallest absolute Gasteiger partial charge is 0.304 e. The highest BCUT2D eigenvalue weighted by atomic mass is 32.1. The van der Waals surface area contributed by atoms with E-state index in [-0.39, 0.29) is 12.5 Å². The van der Waals surface area contributed by atoms with Crippen LogP contribution < -0.4 is 0 Å². The van der Waals surface area contributed by atoms with Crippen LogP contribution >= 0.6 is 11.3 Å². The molecule has 2 rings (SSSR count). The number of hydrogen-bond donors (Lipinski definition) is 1. The summed E-state index contributed by atoms with van der Waals surface area (Å²) in [6.45, 7) is 5.19. The van der Waals surface area contributed by atoms with Gasteiger partial charge in [-0.2, -0.15) is 0 Å². The summed E-state index contributed by atoms with van der Waals surface area (Å²) in [5, 5.41) is 10.8. The normalized spacial score (nSPS) is 11.4. The minimum atomic E-state index is -0.782. The predicted molar refractivity (Wildman–Crippen MR) is 77.6 cm³/mol. The molecule has 0 bridgehead atoms. The Balaban J connectivity index is 2.01. The first-order valence-corrected chi connectivity index (χ1v) is 7.38. The molecule has 20 heavy (non-hydrogen) atoms. The molecule has 0 saturated heterocycles. The van der Waals surface area contributed by atoms with Gasteiger partial charge in [-0.15, -0.1) is 11.3 Å². The number of carboxylic acid groups (broad SMARTS) is 1. The molecule has 0 radical (unpaired) electrons. The number of aliphatic carboxylic acids is 1. The fourth-order valence-electron chi connectivity index (χ4n) is 1.86. The molecule has 0 fully saturated rings. The minimum absolute atomic E-state index is 0.133. The summed E-state index contributed by atoms with van der Waals surface area (Å²) in [7, 11) is 0. The lowest BCUT2D eigenvalue weighted by molar-refractivity contribution is -0.137. The van der Waals surface area contributed by atoms with Gasteiger partial charge in [-0.05, 0) is 25.3 Å². The monoisotopic (exact) mass is 294 g/mol. The van der Waals surface area contributed by atoms with E-state index < -0.39 is 5.97 Å². The summed E-state index contributed by atoms with van der Waals surface area (Å²) in [5.41, 5.74) is 0.826. The molecule has 0 aliphatic heterocycles. The Bertz CT molecular complexity index is 549. The van der Waals surface area contributed by atoms with Crippen LogP contribution in [0.2, 0.25) is 0 Å². The van der Waals surface area contributed by atoms with Gasteiger partial charge in [0.1, 0.15) is 6.26 Å². The Kier molecular flexibility index (Phi) is 4.92. The SMILES string of the molecule is CC(C)N(CCC(=O)O)Cc1coc(-c2cccs2)n1. The molecule has 0 amide bonds. The Morgan fingerprint density at radius 2 is 2.35 bits per heavy atom. The van der Waals surface area contributed by atoms with E-state index in [2.05, 4.69) is 9.88 Å². The summed E-state index contributed by atoms with van der Waals surface area (Å²) in [5.74, 6) is -0.160. The third-order valence-electron chi connectivity index (χ3n) is 2.99. The second kappa shape index (κ2) is 6.67. The van der Waals surface area contributed by atoms with Crippen molar-refractivity contribution in [1.82, 2.24) is 9.88 Å². The van der Waals surface area contributed by atoms with Crippen molar-refractivity contribution in [2.45, 2.75) is 32.9 Å². The van der Waals surface area contributed by atoms with Crippen LogP contribution in [0, 0.1) is 0 Å². The summed E-state index contributed by atoms with van der Waals surface area (Å²) >= 11 is 1.58. The van der Waals surface area contributed by atoms with E-state index in [1.807, 2.05) is 31.4 Å². The Labute approximate surface area is 121 Å². The van der Waals surface area contributed by atoms with Gasteiger partial charge in [-0.25, -0.2) is 4.98 Å². The third kappa shape index (κ3) is 3.91. The standard InChI is InChI=1S/C14H18N2O3S/c1-10(2)16(6-5-13(17)18)8-11-9-19-14(15-11)12-4-3-7-20-12/h3-4,7,9-10H,5-6,8H2,1-2H3,(H,17,18). The van der Waals surface area contributed by atoms with Gasteiger partial charge < -0.3 is 9.52 Å². The first-order valence-electron chi connectivity index (χ1n) is 6.50. The van der Waals surface area contributed by atoms with Gasteiger partial charge in [0.25, 0.3) is 0 Å². The van der Waals surface area contributed by atoms with Crippen LogP contribution in [0.3, 0.4) is 0 Å². The number of oxazole rings is 1. The fraction of sp³-hybridized carbons (Fsp3) is 0.429. The van der Waals surface area contributed by atoms with Crippen LogP contribution in [0.1, 0.15) is 26.0 Å². The highest BCUT2D eigenvalue weighted by Gasteiger charge is 2.15. The van der Waals surface area contributed by atoms with Crippen molar-refractivity contribution in [3.05, 3.63) is 29.5 Å². The lowest BCUT2D eigenvalue weighted by Gasteiger charge is -2.24. The molecule has 2 heterocycles. The number of nitrogens with zero attached hydrogens (tertiary/aromatic N) is 2. The second-order valence-corrected chi connectivity index (χ2v) is 5.78. The van der Waals surface area contributed by atoms with Gasteiger partial charge in [0, 0.05) is 19.1 Å². The number of hydrogen-bond acceptors (Lipinski definition) is 5. The van der Waals surface area contributed by atoms with Gasteiger partial charge in [0.05, 0.1) is 17.0 Å². The molecule has 0 aliphatic rings. The lowest BCUT2D eigenvalue weighted by atomic mass is 10.2. The molecule has 5 nitrogen and oxygen atoms in total. The maximum atomic E-state index is 10.7. The van der Waals surface area contributed by atoms with Crippen molar-refractivity contribution in [1.29, 1.82) is 0 Å². The van der Waals surface area contributed by atoms with Crippen molar-refractivity contribution >= 4 is 17.3 Å². The summed E-state index contributed by atoms with van der Waals surface area (Å²) < 4.78 is 5.47. The number of rotatable bonds is 7. The predicted octanol–water partition coefficient (Wildman–Crippen LogP) is 3.09. The number of carbonyl (C=O) groups is 1. The van der Waals surface area contributed by atoms with E-state index in [0.717, 1.165) is 10.6 Å². The minimum Gasteiger partial charge on any atom is -0.481 e. The zero-order valence-electron chi connectivity index (χ0n) is 11.6. The first-order chi connectivity index (χ1) is 9.56. The zero-order valence-corrected chi connectivity index (χ0v) is 12.4. The molecular formula is C14H18N2O3S. The number of carboxylic acids is 1. The van der Waals surface area contributed by atoms with Crippen LogP contribution in [0.15, 0.2) is 28.2 Å². The highest BCUT2D eigenvalue weighted by Crippen LogP contribution is 2.24. The molecular weight excluding hydrogens is 276 g/mol. The molecule has 108 valence electrons. The Morgan fingerprint density at radius 3 is 2.95 bits per heavy atom. The maximum absolute atomic E-state index is 10.7. The quantitative estimate of drug-likeness (QED) is 0.850. The fourth-order valence-corrected chi connectivity index (χ4v) is 2.52. The number of aromatic nitrogens is 1. The van der Waals surface area contributed by atoms with E-state index in [1.54, 1.807) is 17.6 Å². The third-order valence-corrected chi connectivity index (χ3v) is 3.85. The summed E-state index contributed by atoms with van der Waals surface area (Å²) in [4.78, 5) is 18.2. The van der Waals surface area contributed by atoms with Gasteiger partial charge >= 0.3 is 5.97 Å². The molecule has 2 aromatic rings. The molecule has 1 N–H and O–H groups in total. The van der Waals surface area contributed by atoms with Gasteiger partial charge in [-0.1, -0.05) is 6.07 Å². The Hall–Kier alpha value is -1.66. The van der Waals surface area contributed by atoms with E-state index in [4.69, 9.17) is 9.52 Å². The lowest BCUT2D eigenvalue weighted by Crippen LogP contribution is -2.32. The van der Waals surface area contributed by atoms with E-state index in [1.165, 1.54) is 0 Å². The topological polar surface area (TPSA) is 66.6 Å². The molecule has 0 saturated carbocycles. The zero-order chi connectivity index (χ0) is 14.5. The average Bonchev–Trinajstić information content (AvgIpc) is 3.04. The molecule has 2 aromatic heterocycles. The van der Waals surface area contributed by atoms with Crippen LogP contribution in [0.4, 0.5) is 0 Å². The van der Waals surface area contributed by atoms with E-state index >= 15 is 0 Å². The Morgan fingerprint density at radius 1 is 1.55 bits per heavy atom. The van der Waals surface area contributed by atoms with Gasteiger partial charge in [-0.3, -0.25) is 9.69 Å². The van der Waals surface area contributed by atoms with Crippen LogP contribution in [-0.4, -0.2) is 33.5 Å².